The molecule has 2 bridgehead atoms. The quantitative estimate of drug-likeness (QED) is 0.838. The molecule has 3 heterocycles. The highest BCUT2D eigenvalue weighted by molar-refractivity contribution is 5.72. The van der Waals surface area contributed by atoms with Gasteiger partial charge in [-0.1, -0.05) is 30.3 Å². The molecule has 108 valence electrons. The van der Waals surface area contributed by atoms with Gasteiger partial charge in [0.2, 0.25) is 0 Å². The van der Waals surface area contributed by atoms with Crippen LogP contribution < -0.4 is 5.01 Å². The Morgan fingerprint density at radius 3 is 2.71 bits per heavy atom. The van der Waals surface area contributed by atoms with Gasteiger partial charge >= 0.3 is 0 Å². The zero-order valence-electron chi connectivity index (χ0n) is 12.5. The van der Waals surface area contributed by atoms with E-state index in [0.717, 1.165) is 12.5 Å². The molecule has 1 aromatic heterocycles. The first-order valence-electron chi connectivity index (χ1n) is 7.85. The predicted molar refractivity (Wildman–Crippen MR) is 86.1 cm³/mol. The van der Waals surface area contributed by atoms with Crippen LogP contribution in [0.4, 0.5) is 5.69 Å². The molecule has 2 aromatic rings. The second kappa shape index (κ2) is 5.15. The Balaban J connectivity index is 1.73. The number of hydrazine groups is 1. The first-order valence-corrected chi connectivity index (χ1v) is 7.85. The molecule has 2 atom stereocenters. The molecule has 3 nitrogen and oxygen atoms in total. The Labute approximate surface area is 126 Å². The third-order valence-corrected chi connectivity index (χ3v) is 4.91. The number of rotatable bonds is 2. The third kappa shape index (κ3) is 2.22. The van der Waals surface area contributed by atoms with Crippen LogP contribution in [0.1, 0.15) is 18.4 Å². The monoisotopic (exact) mass is 279 g/mol. The van der Waals surface area contributed by atoms with Crippen LogP contribution in [0.3, 0.4) is 0 Å². The van der Waals surface area contributed by atoms with E-state index < -0.39 is 0 Å². The van der Waals surface area contributed by atoms with Crippen molar-refractivity contribution in [1.82, 2.24) is 9.99 Å². The molecule has 4 rings (SSSR count). The summed E-state index contributed by atoms with van der Waals surface area (Å²) in [5.41, 5.74) is 5.10. The second-order valence-electron chi connectivity index (χ2n) is 6.18. The molecule has 0 amide bonds. The van der Waals surface area contributed by atoms with Gasteiger partial charge in [0, 0.05) is 31.4 Å². The van der Waals surface area contributed by atoms with Crippen molar-refractivity contribution in [1.29, 1.82) is 0 Å². The van der Waals surface area contributed by atoms with Crippen molar-refractivity contribution in [3.8, 4) is 11.1 Å². The van der Waals surface area contributed by atoms with E-state index in [2.05, 4.69) is 52.3 Å². The van der Waals surface area contributed by atoms with Gasteiger partial charge in [0.25, 0.3) is 0 Å². The molecule has 0 saturated carbocycles. The van der Waals surface area contributed by atoms with Crippen molar-refractivity contribution < 1.29 is 0 Å². The van der Waals surface area contributed by atoms with Crippen molar-refractivity contribution in [2.24, 2.45) is 5.92 Å². The number of anilines is 1. The molecule has 0 spiro atoms. The van der Waals surface area contributed by atoms with Gasteiger partial charge in [-0.2, -0.15) is 0 Å². The van der Waals surface area contributed by atoms with Gasteiger partial charge < -0.3 is 5.01 Å². The maximum Gasteiger partial charge on any atom is 0.0740 e. The maximum atomic E-state index is 4.51. The summed E-state index contributed by atoms with van der Waals surface area (Å²) >= 11 is 0. The summed E-state index contributed by atoms with van der Waals surface area (Å²) in [6.45, 7) is 5.77. The zero-order chi connectivity index (χ0) is 14.2. The fourth-order valence-electron chi connectivity index (χ4n) is 3.67. The fourth-order valence-corrected chi connectivity index (χ4v) is 3.67. The predicted octanol–water partition coefficient (Wildman–Crippen LogP) is 3.50. The lowest BCUT2D eigenvalue weighted by Gasteiger charge is -2.38. The fraction of sp³-hybridized carbons (Fsp3) is 0.389. The average Bonchev–Trinajstić information content (AvgIpc) is 2.91. The average molecular weight is 279 g/mol. The minimum atomic E-state index is 0.909. The number of hydrogen-bond donors (Lipinski definition) is 0. The summed E-state index contributed by atoms with van der Waals surface area (Å²) in [6.07, 6.45) is 6.68. The number of fused-ring (bicyclic) bond motifs is 2. The first kappa shape index (κ1) is 12.8. The van der Waals surface area contributed by atoms with Crippen LogP contribution in [-0.2, 0) is 0 Å². The number of hydrogen-bond acceptors (Lipinski definition) is 3. The molecule has 0 N–H and O–H groups in total. The number of pyridine rings is 1. The van der Waals surface area contributed by atoms with Crippen molar-refractivity contribution in [3.63, 3.8) is 0 Å². The number of aromatic nitrogens is 1. The van der Waals surface area contributed by atoms with Gasteiger partial charge in [-0.3, -0.25) is 4.98 Å². The highest BCUT2D eigenvalue weighted by Crippen LogP contribution is 2.35. The van der Waals surface area contributed by atoms with Gasteiger partial charge in [-0.15, -0.1) is 0 Å². The normalized spacial score (nSPS) is 24.3. The van der Waals surface area contributed by atoms with Crippen LogP contribution in [0, 0.1) is 12.8 Å². The maximum absolute atomic E-state index is 4.51. The summed E-state index contributed by atoms with van der Waals surface area (Å²) in [6, 6.07) is 10.6. The first-order chi connectivity index (χ1) is 10.3. The van der Waals surface area contributed by atoms with Crippen LogP contribution >= 0.6 is 0 Å². The summed E-state index contributed by atoms with van der Waals surface area (Å²) in [5.74, 6) is 0.909. The van der Waals surface area contributed by atoms with Crippen LogP contribution in [0.15, 0.2) is 42.7 Å². The molecular formula is C18H21N3. The van der Waals surface area contributed by atoms with Gasteiger partial charge in [0.05, 0.1) is 11.9 Å². The highest BCUT2D eigenvalue weighted by Gasteiger charge is 2.33. The molecular weight excluding hydrogens is 258 g/mol. The van der Waals surface area contributed by atoms with Crippen LogP contribution in [0.2, 0.25) is 0 Å². The molecule has 2 saturated heterocycles. The lowest BCUT2D eigenvalue weighted by Crippen LogP contribution is -2.45. The van der Waals surface area contributed by atoms with E-state index in [1.165, 1.54) is 48.3 Å². The van der Waals surface area contributed by atoms with Gasteiger partial charge in [-0.05, 0) is 36.8 Å². The number of benzene rings is 1. The third-order valence-electron chi connectivity index (χ3n) is 4.91. The molecule has 2 aliphatic heterocycles. The Hall–Kier alpha value is -1.87. The smallest absolute Gasteiger partial charge is 0.0740 e. The van der Waals surface area contributed by atoms with Gasteiger partial charge in [-0.25, -0.2) is 5.01 Å². The summed E-state index contributed by atoms with van der Waals surface area (Å²) in [7, 11) is 0. The van der Waals surface area contributed by atoms with Crippen LogP contribution in [0.5, 0.6) is 0 Å². The molecule has 21 heavy (non-hydrogen) atoms. The van der Waals surface area contributed by atoms with E-state index in [0.29, 0.717) is 0 Å². The van der Waals surface area contributed by atoms with Gasteiger partial charge in [0.1, 0.15) is 0 Å². The van der Waals surface area contributed by atoms with Crippen molar-refractivity contribution in [2.75, 3.05) is 24.6 Å². The van der Waals surface area contributed by atoms with Crippen LogP contribution in [0.25, 0.3) is 11.1 Å². The zero-order valence-corrected chi connectivity index (χ0v) is 12.5. The lowest BCUT2D eigenvalue weighted by atomic mass is 10.0. The molecule has 3 heteroatoms. The van der Waals surface area contributed by atoms with Crippen LogP contribution in [-0.4, -0.2) is 29.6 Å². The lowest BCUT2D eigenvalue weighted by molar-refractivity contribution is 0.253. The molecule has 1 aromatic carbocycles. The SMILES string of the molecule is Cc1c(-c2ccccc2)cncc1N1CCC2CCN1C2. The van der Waals surface area contributed by atoms with E-state index in [-0.39, 0.29) is 0 Å². The summed E-state index contributed by atoms with van der Waals surface area (Å²) < 4.78 is 0. The van der Waals surface area contributed by atoms with E-state index in [1.54, 1.807) is 0 Å². The Morgan fingerprint density at radius 1 is 1.05 bits per heavy atom. The summed E-state index contributed by atoms with van der Waals surface area (Å²) in [5, 5.41) is 4.96. The van der Waals surface area contributed by atoms with Crippen molar-refractivity contribution in [3.05, 3.63) is 48.3 Å². The van der Waals surface area contributed by atoms with Gasteiger partial charge in [0.15, 0.2) is 0 Å². The Morgan fingerprint density at radius 2 is 1.86 bits per heavy atom. The molecule has 2 aliphatic rings. The van der Waals surface area contributed by atoms with E-state index in [4.69, 9.17) is 0 Å². The minimum Gasteiger partial charge on any atom is -0.304 e. The molecule has 0 radical (unpaired) electrons. The minimum absolute atomic E-state index is 0.909. The van der Waals surface area contributed by atoms with E-state index in [1.807, 2.05) is 12.4 Å². The van der Waals surface area contributed by atoms with E-state index in [9.17, 15) is 0 Å². The molecule has 2 fully saturated rings. The molecule has 0 aliphatic carbocycles. The Kier molecular flexibility index (Phi) is 3.15. The largest absolute Gasteiger partial charge is 0.304 e. The van der Waals surface area contributed by atoms with Crippen molar-refractivity contribution >= 4 is 5.69 Å². The standard InChI is InChI=1S/C18H21N3/c1-14-17(16-5-3-2-4-6-16)11-19-12-18(14)21-10-8-15-7-9-20(21)13-15/h2-6,11-12,15H,7-10,13H2,1H3. The summed E-state index contributed by atoms with van der Waals surface area (Å²) in [4.78, 5) is 4.51. The number of nitrogens with zero attached hydrogens (tertiary/aromatic N) is 3. The second-order valence-corrected chi connectivity index (χ2v) is 6.18. The topological polar surface area (TPSA) is 19.4 Å². The highest BCUT2D eigenvalue weighted by atomic mass is 15.6. The molecule has 2 unspecified atom stereocenters. The Bertz CT molecular complexity index is 638. The van der Waals surface area contributed by atoms with Crippen molar-refractivity contribution in [2.45, 2.75) is 19.8 Å². The van der Waals surface area contributed by atoms with E-state index >= 15 is 0 Å².